The van der Waals surface area contributed by atoms with Crippen LogP contribution in [0.15, 0.2) is 18.2 Å². The third kappa shape index (κ3) is 3.73. The number of aryl methyl sites for hydroxylation is 1. The number of alkyl halides is 3. The van der Waals surface area contributed by atoms with E-state index >= 15 is 0 Å². The van der Waals surface area contributed by atoms with Crippen molar-refractivity contribution in [3.05, 3.63) is 29.3 Å². The van der Waals surface area contributed by atoms with E-state index < -0.39 is 12.8 Å². The Balaban J connectivity index is 2.88. The van der Waals surface area contributed by atoms with Gasteiger partial charge in [-0.25, -0.2) is 0 Å². The van der Waals surface area contributed by atoms with Crippen LogP contribution < -0.4 is 10.5 Å². The van der Waals surface area contributed by atoms with E-state index in [1.54, 1.807) is 32.0 Å². The summed E-state index contributed by atoms with van der Waals surface area (Å²) in [6.45, 7) is 2.19. The lowest BCUT2D eigenvalue weighted by atomic mass is 10.1. The second-order valence-electron chi connectivity index (χ2n) is 3.73. The van der Waals surface area contributed by atoms with Crippen molar-refractivity contribution in [2.45, 2.75) is 26.1 Å². The van der Waals surface area contributed by atoms with Gasteiger partial charge < -0.3 is 10.5 Å². The molecule has 5 heteroatoms. The van der Waals surface area contributed by atoms with Crippen molar-refractivity contribution >= 4 is 0 Å². The molecule has 0 bridgehead atoms. The van der Waals surface area contributed by atoms with Crippen molar-refractivity contribution in [1.29, 1.82) is 0 Å². The fourth-order valence-corrected chi connectivity index (χ4v) is 1.30. The van der Waals surface area contributed by atoms with Crippen LogP contribution in [0.4, 0.5) is 13.2 Å². The summed E-state index contributed by atoms with van der Waals surface area (Å²) in [7, 11) is 0. The molecule has 0 aliphatic heterocycles. The first-order chi connectivity index (χ1) is 7.29. The lowest BCUT2D eigenvalue weighted by Crippen LogP contribution is -2.20. The maximum absolute atomic E-state index is 12.0. The zero-order chi connectivity index (χ0) is 12.3. The second kappa shape index (κ2) is 4.74. The van der Waals surface area contributed by atoms with Gasteiger partial charge >= 0.3 is 6.18 Å². The standard InChI is InChI=1S/C11H14F3NO/c1-7-3-4-9(8(2)15)10(5-7)16-6-11(12,13)14/h3-5,8H,6,15H2,1-2H3. The summed E-state index contributed by atoms with van der Waals surface area (Å²) in [5, 5.41) is 0. The van der Waals surface area contributed by atoms with Crippen molar-refractivity contribution in [3.8, 4) is 5.75 Å². The molecule has 0 radical (unpaired) electrons. The highest BCUT2D eigenvalue weighted by Gasteiger charge is 2.29. The Morgan fingerprint density at radius 2 is 2.00 bits per heavy atom. The van der Waals surface area contributed by atoms with Crippen LogP contribution in [0.1, 0.15) is 24.1 Å². The minimum Gasteiger partial charge on any atom is -0.484 e. The van der Waals surface area contributed by atoms with Gasteiger partial charge in [-0.05, 0) is 25.5 Å². The summed E-state index contributed by atoms with van der Waals surface area (Å²) in [5.74, 6) is 0.201. The molecule has 1 aromatic carbocycles. The van der Waals surface area contributed by atoms with Gasteiger partial charge in [0.2, 0.25) is 0 Å². The molecule has 0 aromatic heterocycles. The fraction of sp³-hybridized carbons (Fsp3) is 0.455. The first-order valence-corrected chi connectivity index (χ1v) is 4.85. The van der Waals surface area contributed by atoms with E-state index in [0.717, 1.165) is 5.56 Å². The van der Waals surface area contributed by atoms with Gasteiger partial charge in [0.1, 0.15) is 5.75 Å². The Bertz CT molecular complexity index is 361. The number of rotatable bonds is 3. The normalized spacial score (nSPS) is 13.6. The molecule has 1 unspecified atom stereocenters. The molecule has 2 N–H and O–H groups in total. The monoisotopic (exact) mass is 233 g/mol. The van der Waals surface area contributed by atoms with Gasteiger partial charge in [-0.1, -0.05) is 12.1 Å². The molecule has 0 heterocycles. The van der Waals surface area contributed by atoms with Crippen molar-refractivity contribution in [2.75, 3.05) is 6.61 Å². The minimum atomic E-state index is -4.33. The predicted octanol–water partition coefficient (Wildman–Crippen LogP) is 2.96. The number of benzene rings is 1. The summed E-state index contributed by atoms with van der Waals surface area (Å²) >= 11 is 0. The van der Waals surface area contributed by atoms with Crippen molar-refractivity contribution in [2.24, 2.45) is 5.73 Å². The van der Waals surface area contributed by atoms with E-state index in [-0.39, 0.29) is 11.8 Å². The van der Waals surface area contributed by atoms with E-state index in [1.807, 2.05) is 0 Å². The SMILES string of the molecule is Cc1ccc(C(C)N)c(OCC(F)(F)F)c1. The van der Waals surface area contributed by atoms with E-state index in [9.17, 15) is 13.2 Å². The molecular weight excluding hydrogens is 219 g/mol. The van der Waals surface area contributed by atoms with Crippen LogP contribution in [0.2, 0.25) is 0 Å². The quantitative estimate of drug-likeness (QED) is 0.871. The molecule has 90 valence electrons. The lowest BCUT2D eigenvalue weighted by Gasteiger charge is -2.15. The van der Waals surface area contributed by atoms with Crippen LogP contribution in [0, 0.1) is 6.92 Å². The fourth-order valence-electron chi connectivity index (χ4n) is 1.30. The maximum atomic E-state index is 12.0. The van der Waals surface area contributed by atoms with Gasteiger partial charge in [0, 0.05) is 11.6 Å². The number of nitrogens with two attached hydrogens (primary N) is 1. The average Bonchev–Trinajstić information content (AvgIpc) is 2.13. The van der Waals surface area contributed by atoms with Crippen LogP contribution in [0.5, 0.6) is 5.75 Å². The molecule has 1 aromatic rings. The van der Waals surface area contributed by atoms with Crippen LogP contribution in [-0.4, -0.2) is 12.8 Å². The zero-order valence-electron chi connectivity index (χ0n) is 9.14. The van der Waals surface area contributed by atoms with Gasteiger partial charge in [-0.15, -0.1) is 0 Å². The zero-order valence-corrected chi connectivity index (χ0v) is 9.14. The summed E-state index contributed by atoms with van der Waals surface area (Å²) in [4.78, 5) is 0. The molecule has 1 atom stereocenters. The molecule has 0 saturated carbocycles. The lowest BCUT2D eigenvalue weighted by molar-refractivity contribution is -0.153. The van der Waals surface area contributed by atoms with E-state index in [0.29, 0.717) is 5.56 Å². The molecule has 0 fully saturated rings. The molecule has 16 heavy (non-hydrogen) atoms. The third-order valence-corrected chi connectivity index (χ3v) is 2.05. The van der Waals surface area contributed by atoms with Crippen molar-refractivity contribution < 1.29 is 17.9 Å². The second-order valence-corrected chi connectivity index (χ2v) is 3.73. The van der Waals surface area contributed by atoms with E-state index in [1.165, 1.54) is 0 Å². The van der Waals surface area contributed by atoms with Crippen LogP contribution >= 0.6 is 0 Å². The van der Waals surface area contributed by atoms with Crippen molar-refractivity contribution in [1.82, 2.24) is 0 Å². The molecule has 0 saturated heterocycles. The van der Waals surface area contributed by atoms with Gasteiger partial charge in [0.05, 0.1) is 0 Å². The molecule has 0 aliphatic carbocycles. The molecule has 0 spiro atoms. The summed E-state index contributed by atoms with van der Waals surface area (Å²) in [5.41, 5.74) is 7.06. The molecule has 0 amide bonds. The summed E-state index contributed by atoms with van der Waals surface area (Å²) in [6, 6.07) is 4.68. The van der Waals surface area contributed by atoms with E-state index in [2.05, 4.69) is 0 Å². The Kier molecular flexibility index (Phi) is 3.80. The number of hydrogen-bond donors (Lipinski definition) is 1. The first kappa shape index (κ1) is 12.8. The van der Waals surface area contributed by atoms with Gasteiger partial charge in [0.15, 0.2) is 6.61 Å². The average molecular weight is 233 g/mol. The predicted molar refractivity (Wildman–Crippen MR) is 55.3 cm³/mol. The highest BCUT2D eigenvalue weighted by atomic mass is 19.4. The Hall–Kier alpha value is -1.23. The van der Waals surface area contributed by atoms with Crippen molar-refractivity contribution in [3.63, 3.8) is 0 Å². The number of ether oxygens (including phenoxy) is 1. The van der Waals surface area contributed by atoms with Crippen LogP contribution in [0.25, 0.3) is 0 Å². The Morgan fingerprint density at radius 3 is 2.50 bits per heavy atom. The third-order valence-electron chi connectivity index (χ3n) is 2.05. The van der Waals surface area contributed by atoms with Crippen LogP contribution in [-0.2, 0) is 0 Å². The Labute approximate surface area is 92.2 Å². The molecular formula is C11H14F3NO. The van der Waals surface area contributed by atoms with Gasteiger partial charge in [0.25, 0.3) is 0 Å². The summed E-state index contributed by atoms with van der Waals surface area (Å²) in [6.07, 6.45) is -4.33. The Morgan fingerprint density at radius 1 is 1.38 bits per heavy atom. The maximum Gasteiger partial charge on any atom is 0.422 e. The highest BCUT2D eigenvalue weighted by Crippen LogP contribution is 2.27. The molecule has 2 nitrogen and oxygen atoms in total. The smallest absolute Gasteiger partial charge is 0.422 e. The van der Waals surface area contributed by atoms with E-state index in [4.69, 9.17) is 10.5 Å². The van der Waals surface area contributed by atoms with Crippen LogP contribution in [0.3, 0.4) is 0 Å². The van der Waals surface area contributed by atoms with Gasteiger partial charge in [-0.2, -0.15) is 13.2 Å². The number of halogens is 3. The minimum absolute atomic E-state index is 0.201. The highest BCUT2D eigenvalue weighted by molar-refractivity contribution is 5.38. The first-order valence-electron chi connectivity index (χ1n) is 4.85. The largest absolute Gasteiger partial charge is 0.484 e. The topological polar surface area (TPSA) is 35.2 Å². The molecule has 1 rings (SSSR count). The summed E-state index contributed by atoms with van der Waals surface area (Å²) < 4.78 is 40.8. The number of hydrogen-bond acceptors (Lipinski definition) is 2. The van der Waals surface area contributed by atoms with Gasteiger partial charge in [-0.3, -0.25) is 0 Å². The molecule has 0 aliphatic rings.